The summed E-state index contributed by atoms with van der Waals surface area (Å²) in [5, 5.41) is 15.9. The summed E-state index contributed by atoms with van der Waals surface area (Å²) >= 11 is 4.12. The first-order chi connectivity index (χ1) is 13.5. The molecule has 0 aliphatic rings. The van der Waals surface area contributed by atoms with E-state index in [0.29, 0.717) is 5.75 Å². The third-order valence-electron chi connectivity index (χ3n) is 4.85. The quantitative estimate of drug-likeness (QED) is 0.423. The van der Waals surface area contributed by atoms with Gasteiger partial charge < -0.3 is 20.7 Å². The van der Waals surface area contributed by atoms with Crippen LogP contribution < -0.4 is 10.6 Å². The van der Waals surface area contributed by atoms with Crippen molar-refractivity contribution in [1.82, 2.24) is 15.6 Å². The number of aromatic amines is 1. The topological polar surface area (TPSA) is 111 Å². The van der Waals surface area contributed by atoms with Gasteiger partial charge >= 0.3 is 5.97 Å². The van der Waals surface area contributed by atoms with Crippen molar-refractivity contribution in [3.63, 3.8) is 0 Å². The van der Waals surface area contributed by atoms with Crippen LogP contribution in [0.1, 0.15) is 33.3 Å². The van der Waals surface area contributed by atoms with Crippen molar-refractivity contribution in [2.75, 3.05) is 5.75 Å². The normalized spacial score (nSPS) is 14.8. The third-order valence-corrected chi connectivity index (χ3v) is 5.40. The number of thiol groups is 1. The number of amides is 2. The Morgan fingerprint density at radius 2 is 1.79 bits per heavy atom. The molecule has 4 N–H and O–H groups in total. The van der Waals surface area contributed by atoms with E-state index in [-0.39, 0.29) is 18.2 Å². The van der Waals surface area contributed by atoms with Crippen LogP contribution in [0.2, 0.25) is 0 Å². The molecule has 0 radical (unpaired) electrons. The van der Waals surface area contributed by atoms with Crippen molar-refractivity contribution >= 4 is 41.3 Å². The molecular weight excluding hydrogens is 390 g/mol. The molecule has 1 heterocycles. The molecule has 29 heavy (non-hydrogen) atoms. The summed E-state index contributed by atoms with van der Waals surface area (Å²) < 4.78 is 0. The number of H-pyrrole nitrogens is 1. The van der Waals surface area contributed by atoms with Crippen LogP contribution in [-0.2, 0) is 20.8 Å². The minimum absolute atomic E-state index is 0.128. The van der Waals surface area contributed by atoms with Gasteiger partial charge in [-0.1, -0.05) is 45.9 Å². The van der Waals surface area contributed by atoms with E-state index in [2.05, 4.69) is 28.2 Å². The maximum atomic E-state index is 12.9. The summed E-state index contributed by atoms with van der Waals surface area (Å²) in [6, 6.07) is 5.58. The molecule has 0 spiro atoms. The number of rotatable bonds is 8. The van der Waals surface area contributed by atoms with Crippen molar-refractivity contribution in [2.24, 2.45) is 11.3 Å². The highest BCUT2D eigenvalue weighted by Crippen LogP contribution is 2.22. The fraction of sp³-hybridized carbons (Fsp3) is 0.476. The van der Waals surface area contributed by atoms with Gasteiger partial charge in [-0.15, -0.1) is 0 Å². The van der Waals surface area contributed by atoms with Crippen LogP contribution >= 0.6 is 12.6 Å². The van der Waals surface area contributed by atoms with Gasteiger partial charge in [0.25, 0.3) is 0 Å². The second-order valence-corrected chi connectivity index (χ2v) is 8.72. The minimum Gasteiger partial charge on any atom is -0.480 e. The van der Waals surface area contributed by atoms with Crippen LogP contribution in [-0.4, -0.2) is 45.7 Å². The second-order valence-electron chi connectivity index (χ2n) is 8.35. The average molecular weight is 420 g/mol. The standard InChI is InChI=1S/C21H29N3O4S/c1-12(11-29)18(25)24-17(21(2,3)4)19(26)23-16(20(27)28)9-13-10-22-15-8-6-5-7-14(13)15/h5-8,10,12,16-17,22,29H,9,11H2,1-4H3,(H,23,26)(H,24,25)(H,27,28)/t12?,16-,17+/m0/s1. The molecule has 0 saturated carbocycles. The Morgan fingerprint density at radius 3 is 2.38 bits per heavy atom. The molecular formula is C21H29N3O4S. The summed E-state index contributed by atoms with van der Waals surface area (Å²) in [6.45, 7) is 7.17. The average Bonchev–Trinajstić information content (AvgIpc) is 3.06. The highest BCUT2D eigenvalue weighted by Gasteiger charge is 2.35. The van der Waals surface area contributed by atoms with Crippen LogP contribution in [0.5, 0.6) is 0 Å². The van der Waals surface area contributed by atoms with Crippen molar-refractivity contribution in [1.29, 1.82) is 0 Å². The van der Waals surface area contributed by atoms with E-state index in [9.17, 15) is 19.5 Å². The van der Waals surface area contributed by atoms with E-state index in [1.54, 1.807) is 13.1 Å². The van der Waals surface area contributed by atoms with Crippen LogP contribution in [0.4, 0.5) is 0 Å². The molecule has 158 valence electrons. The number of benzene rings is 1. The molecule has 0 fully saturated rings. The first-order valence-electron chi connectivity index (χ1n) is 9.54. The molecule has 8 heteroatoms. The maximum absolute atomic E-state index is 12.9. The van der Waals surface area contributed by atoms with E-state index in [1.165, 1.54) is 0 Å². The Balaban J connectivity index is 2.19. The number of carboxylic acids is 1. The van der Waals surface area contributed by atoms with Gasteiger partial charge in [-0.25, -0.2) is 4.79 Å². The van der Waals surface area contributed by atoms with E-state index in [4.69, 9.17) is 0 Å². The summed E-state index contributed by atoms with van der Waals surface area (Å²) in [7, 11) is 0. The van der Waals surface area contributed by atoms with Crippen LogP contribution in [0.25, 0.3) is 10.9 Å². The third kappa shape index (κ3) is 5.76. The highest BCUT2D eigenvalue weighted by molar-refractivity contribution is 7.80. The predicted molar refractivity (Wildman–Crippen MR) is 116 cm³/mol. The lowest BCUT2D eigenvalue weighted by Gasteiger charge is -2.32. The maximum Gasteiger partial charge on any atom is 0.326 e. The Labute approximate surface area is 176 Å². The lowest BCUT2D eigenvalue weighted by Crippen LogP contribution is -2.57. The van der Waals surface area contributed by atoms with E-state index < -0.39 is 29.4 Å². The number of aromatic nitrogens is 1. The second kappa shape index (κ2) is 9.35. The Kier molecular flexibility index (Phi) is 7.35. The van der Waals surface area contributed by atoms with E-state index in [1.807, 2.05) is 45.0 Å². The first-order valence-corrected chi connectivity index (χ1v) is 10.2. The Hall–Kier alpha value is -2.48. The van der Waals surface area contributed by atoms with Gasteiger partial charge in [0.2, 0.25) is 11.8 Å². The zero-order chi connectivity index (χ0) is 21.8. The molecule has 0 bridgehead atoms. The van der Waals surface area contributed by atoms with Crippen molar-refractivity contribution in [3.05, 3.63) is 36.0 Å². The van der Waals surface area contributed by atoms with Crippen LogP contribution in [0.15, 0.2) is 30.5 Å². The van der Waals surface area contributed by atoms with Gasteiger partial charge in [-0.3, -0.25) is 9.59 Å². The summed E-state index contributed by atoms with van der Waals surface area (Å²) in [5.74, 6) is -1.96. The molecule has 1 aromatic carbocycles. The molecule has 0 aliphatic heterocycles. The zero-order valence-corrected chi connectivity index (χ0v) is 18.0. The van der Waals surface area contributed by atoms with Gasteiger partial charge in [-0.2, -0.15) is 12.6 Å². The van der Waals surface area contributed by atoms with Gasteiger partial charge in [0, 0.05) is 35.2 Å². The highest BCUT2D eigenvalue weighted by atomic mass is 32.1. The number of carboxylic acid groups (broad SMARTS) is 1. The van der Waals surface area contributed by atoms with Crippen LogP contribution in [0.3, 0.4) is 0 Å². The monoisotopic (exact) mass is 419 g/mol. The minimum atomic E-state index is -1.13. The molecule has 7 nitrogen and oxygen atoms in total. The van der Waals surface area contributed by atoms with Gasteiger partial charge in [0.1, 0.15) is 12.1 Å². The predicted octanol–water partition coefficient (Wildman–Crippen LogP) is 2.38. The smallest absolute Gasteiger partial charge is 0.326 e. The van der Waals surface area contributed by atoms with E-state index in [0.717, 1.165) is 16.5 Å². The molecule has 0 saturated heterocycles. The summed E-state index contributed by atoms with van der Waals surface area (Å²) in [5.41, 5.74) is 1.10. The number of nitrogens with one attached hydrogen (secondary N) is 3. The summed E-state index contributed by atoms with van der Waals surface area (Å²) in [4.78, 5) is 40.2. The van der Waals surface area contributed by atoms with Crippen molar-refractivity contribution in [3.8, 4) is 0 Å². The molecule has 2 rings (SSSR count). The van der Waals surface area contributed by atoms with Gasteiger partial charge in [0.15, 0.2) is 0 Å². The number of carbonyl (C=O) groups is 3. The summed E-state index contributed by atoms with van der Waals surface area (Å²) in [6.07, 6.45) is 1.88. The molecule has 1 aromatic heterocycles. The lowest BCUT2D eigenvalue weighted by molar-refractivity contribution is -0.143. The molecule has 0 aliphatic carbocycles. The molecule has 2 amide bonds. The molecule has 2 aromatic rings. The van der Waals surface area contributed by atoms with Crippen LogP contribution in [0, 0.1) is 11.3 Å². The Morgan fingerprint density at radius 1 is 1.14 bits per heavy atom. The fourth-order valence-corrected chi connectivity index (χ4v) is 3.18. The number of hydrogen-bond acceptors (Lipinski definition) is 4. The SMILES string of the molecule is CC(CS)C(=O)N[C@H](C(=O)N[C@@H](Cc1c[nH]c2ccccc12)C(=O)O)C(C)(C)C. The molecule has 3 atom stereocenters. The Bertz CT molecular complexity index is 887. The number of aliphatic carboxylic acids is 1. The largest absolute Gasteiger partial charge is 0.480 e. The lowest BCUT2D eigenvalue weighted by atomic mass is 9.85. The fourth-order valence-electron chi connectivity index (χ4n) is 3.02. The number of fused-ring (bicyclic) bond motifs is 1. The molecule has 1 unspecified atom stereocenters. The van der Waals surface area contributed by atoms with Gasteiger partial charge in [0.05, 0.1) is 0 Å². The number of hydrogen-bond donors (Lipinski definition) is 5. The van der Waals surface area contributed by atoms with Crippen molar-refractivity contribution < 1.29 is 19.5 Å². The first kappa shape index (κ1) is 22.8. The van der Waals surface area contributed by atoms with Gasteiger partial charge in [-0.05, 0) is 17.0 Å². The zero-order valence-electron chi connectivity index (χ0n) is 17.2. The number of carbonyl (C=O) groups excluding carboxylic acids is 2. The van der Waals surface area contributed by atoms with E-state index >= 15 is 0 Å². The number of para-hydroxylation sites is 1. The van der Waals surface area contributed by atoms with Crippen molar-refractivity contribution in [2.45, 2.75) is 46.2 Å².